The summed E-state index contributed by atoms with van der Waals surface area (Å²) in [5.74, 6) is 48.8. The third-order valence-electron chi connectivity index (χ3n) is 50.0. The number of hydrogen-bond donors (Lipinski definition) is 0. The van der Waals surface area contributed by atoms with Gasteiger partial charge in [-0.1, -0.05) is 252 Å². The van der Waals surface area contributed by atoms with Gasteiger partial charge in [-0.25, -0.2) is 0 Å². The van der Waals surface area contributed by atoms with E-state index in [1.807, 2.05) is 27.7 Å². The number of hydrogen-bond acceptors (Lipinski definition) is 0. The van der Waals surface area contributed by atoms with Crippen molar-refractivity contribution < 1.29 is 0 Å². The van der Waals surface area contributed by atoms with Crippen molar-refractivity contribution in [3.8, 4) is 0 Å². The van der Waals surface area contributed by atoms with Crippen molar-refractivity contribution in [1.29, 1.82) is 0 Å². The Balaban J connectivity index is 0.0000000951. The Morgan fingerprint density at radius 3 is 0.756 bits per heavy atom. The summed E-state index contributed by atoms with van der Waals surface area (Å²) < 4.78 is 0. The fourth-order valence-corrected chi connectivity index (χ4v) is 44.4. The highest BCUT2D eigenvalue weighted by Gasteiger charge is 2.56. The maximum Gasteiger partial charge on any atom is -0.0292 e. The smallest absolute Gasteiger partial charge is 0.0292 e. The van der Waals surface area contributed by atoms with Crippen LogP contribution in [0.5, 0.6) is 0 Å². The molecule has 17 atom stereocenters. The minimum absolute atomic E-state index is 0.779. The van der Waals surface area contributed by atoms with Gasteiger partial charge in [0.15, 0.2) is 0 Å². The van der Waals surface area contributed by atoms with E-state index in [4.69, 9.17) is 0 Å². The molecular weight excluding hydrogens is 1570 g/mol. The van der Waals surface area contributed by atoms with E-state index in [1.165, 1.54) is 157 Å². The zero-order valence-electron chi connectivity index (χ0n) is 90.8. The maximum absolute atomic E-state index is 2.54. The van der Waals surface area contributed by atoms with Crippen LogP contribution in [0.1, 0.15) is 553 Å². The van der Waals surface area contributed by atoms with Crippen LogP contribution in [0.3, 0.4) is 0 Å². The second-order valence-electron chi connectivity index (χ2n) is 59.8. The third-order valence-corrected chi connectivity index (χ3v) is 50.0. The molecule has 0 amide bonds. The second kappa shape index (κ2) is 45.9. The van der Waals surface area contributed by atoms with Crippen molar-refractivity contribution in [3.63, 3.8) is 0 Å². The predicted octanol–water partition coefficient (Wildman–Crippen LogP) is 40.3. The minimum Gasteiger partial charge on any atom is -0.0683 e. The highest BCUT2D eigenvalue weighted by atomic mass is 14.6. The molecule has 131 heavy (non-hydrogen) atoms. The van der Waals surface area contributed by atoms with E-state index >= 15 is 0 Å². The lowest BCUT2D eigenvalue weighted by atomic mass is 9.50. The summed E-state index contributed by atoms with van der Waals surface area (Å²) in [4.78, 5) is 0. The summed E-state index contributed by atoms with van der Waals surface area (Å²) in [6.07, 6.45) is 110. The van der Waals surface area contributed by atoms with Crippen molar-refractivity contribution in [3.05, 3.63) is 0 Å². The first-order chi connectivity index (χ1) is 63.4. The Kier molecular flexibility index (Phi) is 35.4. The third kappa shape index (κ3) is 25.9. The molecule has 17 unspecified atom stereocenters. The van der Waals surface area contributed by atoms with Gasteiger partial charge < -0.3 is 0 Å². The summed E-state index contributed by atoms with van der Waals surface area (Å²) >= 11 is 0. The first-order valence-electron chi connectivity index (χ1n) is 63.4. The van der Waals surface area contributed by atoms with E-state index < -0.39 is 0 Å². The zero-order chi connectivity index (χ0) is 90.8. The minimum atomic E-state index is 0.779. The fraction of sp³-hybridized carbons (Fsp3) is 1.00. The van der Waals surface area contributed by atoms with Crippen molar-refractivity contribution in [2.24, 2.45) is 271 Å². The van der Waals surface area contributed by atoms with E-state index in [-0.39, 0.29) is 0 Å². The monoisotopic (exact) mass is 1800 g/mol. The molecule has 0 heteroatoms. The molecule has 40 aliphatic rings. The SMILES string of the molecule is C1CC2CC3CC1CC(C2)C3.C1CC2CC3CC1CC(C2)C3.CC.CC.CC12CC3CC(CC(C3)C1)C2.CC12CC3CC(CC1C3)C2.CC12CCCC(CCC1)C2.CC1C2CC3CC(C2)C1C3.CC1C2CC3CC(C2)CC1C3.CC1C2CCCC1CCC2.CC1CC2CC(C1)C2.CC1CC2CCC1C2.CC1CC2CCC1C2.CC1CC2CCC1CC2.CC1CCC2CCCC1C2. The van der Waals surface area contributed by atoms with Gasteiger partial charge in [0.05, 0.1) is 0 Å². The Labute approximate surface area is 818 Å². The fourth-order valence-electron chi connectivity index (χ4n) is 44.4. The Bertz CT molecular complexity index is 3070. The molecule has 38 bridgehead atoms. The molecule has 0 N–H and O–H groups in total. The van der Waals surface area contributed by atoms with Gasteiger partial charge in [-0.15, -0.1) is 0 Å². The maximum atomic E-state index is 2.54. The van der Waals surface area contributed by atoms with Crippen LogP contribution in [-0.2, 0) is 0 Å². The lowest BCUT2D eigenvalue weighted by molar-refractivity contribution is -0.0411. The van der Waals surface area contributed by atoms with Crippen molar-refractivity contribution in [1.82, 2.24) is 0 Å². The number of rotatable bonds is 0. The number of fused-ring (bicyclic) bond motifs is 17. The molecule has 0 heterocycles. The normalized spacial score (nSPS) is 53.0. The van der Waals surface area contributed by atoms with Crippen LogP contribution < -0.4 is 0 Å². The van der Waals surface area contributed by atoms with Crippen LogP contribution in [0.25, 0.3) is 0 Å². The Hall–Kier alpha value is 0. The predicted molar refractivity (Wildman–Crippen MR) is 566 cm³/mol. The van der Waals surface area contributed by atoms with E-state index in [0.717, 1.165) is 229 Å². The van der Waals surface area contributed by atoms with Crippen LogP contribution >= 0.6 is 0 Å². The topological polar surface area (TPSA) is 0 Å². The highest BCUT2D eigenvalue weighted by Crippen LogP contribution is 2.67. The molecule has 0 radical (unpaired) electrons. The van der Waals surface area contributed by atoms with Gasteiger partial charge in [0, 0.05) is 0 Å². The van der Waals surface area contributed by atoms with E-state index in [1.54, 1.807) is 334 Å². The van der Waals surface area contributed by atoms with Crippen LogP contribution in [0.2, 0.25) is 0 Å². The van der Waals surface area contributed by atoms with E-state index in [2.05, 4.69) is 76.2 Å². The molecule has 0 aromatic rings. The molecule has 40 saturated carbocycles. The average Bonchev–Trinajstić information content (AvgIpc) is 1.65. The molecule has 0 aromatic carbocycles. The van der Waals surface area contributed by atoms with E-state index in [0.29, 0.717) is 0 Å². The van der Waals surface area contributed by atoms with Gasteiger partial charge in [-0.2, -0.15) is 0 Å². The summed E-state index contributed by atoms with van der Waals surface area (Å²) in [6.45, 7) is 35.2. The van der Waals surface area contributed by atoms with Crippen LogP contribution in [-0.4, -0.2) is 0 Å². The molecule has 40 aliphatic carbocycles. The molecule has 0 spiro atoms. The van der Waals surface area contributed by atoms with Gasteiger partial charge in [-0.05, 0) is 572 Å². The first-order valence-corrected chi connectivity index (χ1v) is 63.4. The Morgan fingerprint density at radius 1 is 0.160 bits per heavy atom. The van der Waals surface area contributed by atoms with Crippen molar-refractivity contribution in [2.75, 3.05) is 0 Å². The highest BCUT2D eigenvalue weighted by molar-refractivity contribution is 5.07. The standard InChI is InChI=1S/4C11H18.2C10H16.3C10H18.C9H16.3C8H14.2C2H6/c1-11-5-8-2-9(6-11)4-10(3-8)7-11;1-7-10-3-8-2-9(5-10)6-11(7)4-8;2*1-2-9-5-10-3-8(1)4-11(6-9)7-10;1-10-5-7-2-8(6-10)4-9(10)3-7;1-6-8-2-7-3-9(5-8)10(6)4-7;1-10-6-2-4-9(8-10)5-3-7-10;1-8-9-4-2-5-10(8)7-3-6-9;1-8-5-6-9-3-2-4-10(8)7-9;1-7-6-8-2-4-9(7)5-3-8;1-6-2-7-4-8(3-6)5-7;2*1-6-4-7-2-3-8(6)5-7;2*1-2/h8-10H,2-7H2,1H3;7-11H,2-6H2,1H3;2*8-11H,1-7H2;7-9H,2-6H2,1H3;6-10H,2-5H2,1H3;9H,2-8H2,1H3;2*8-10H,2-7H2,1H3;7-9H,2-6H2,1H3;3*6-8H,2-5H2,1H3;2*1-2H3. The van der Waals surface area contributed by atoms with E-state index in [9.17, 15) is 0 Å². The molecule has 0 saturated heterocycles. The van der Waals surface area contributed by atoms with Gasteiger partial charge in [0.25, 0.3) is 0 Å². The van der Waals surface area contributed by atoms with Crippen molar-refractivity contribution in [2.45, 2.75) is 553 Å². The lowest BCUT2D eigenvalue weighted by Gasteiger charge is -2.55. The first kappa shape index (κ1) is 101. The molecule has 0 nitrogen and oxygen atoms in total. The van der Waals surface area contributed by atoms with Crippen LogP contribution in [0, 0.1) is 271 Å². The lowest BCUT2D eigenvalue weighted by Crippen LogP contribution is -2.44. The van der Waals surface area contributed by atoms with Gasteiger partial charge in [0.2, 0.25) is 0 Å². The molecule has 40 rings (SSSR count). The molecule has 0 aromatic heterocycles. The molecular formula is C131H228. The average molecular weight is 1800 g/mol. The van der Waals surface area contributed by atoms with Crippen LogP contribution in [0.4, 0.5) is 0 Å². The summed E-state index contributed by atoms with van der Waals surface area (Å²) in [5.41, 5.74) is 2.41. The quantitative estimate of drug-likeness (QED) is 0.227. The van der Waals surface area contributed by atoms with Gasteiger partial charge >= 0.3 is 0 Å². The van der Waals surface area contributed by atoms with Crippen LogP contribution in [0.15, 0.2) is 0 Å². The molecule has 0 aliphatic heterocycles. The summed E-state index contributed by atoms with van der Waals surface area (Å²) in [6, 6.07) is 0. The summed E-state index contributed by atoms with van der Waals surface area (Å²) in [5, 5.41) is 0. The second-order valence-corrected chi connectivity index (χ2v) is 59.8. The zero-order valence-corrected chi connectivity index (χ0v) is 90.8. The molecule has 40 fully saturated rings. The Morgan fingerprint density at radius 2 is 0.443 bits per heavy atom. The van der Waals surface area contributed by atoms with Gasteiger partial charge in [0.1, 0.15) is 0 Å². The van der Waals surface area contributed by atoms with Crippen molar-refractivity contribution >= 4 is 0 Å². The largest absolute Gasteiger partial charge is 0.0683 e. The molecule has 752 valence electrons. The van der Waals surface area contributed by atoms with Gasteiger partial charge in [-0.3, -0.25) is 0 Å². The summed E-state index contributed by atoms with van der Waals surface area (Å²) in [7, 11) is 0.